The molecule has 4 aromatic rings. The molecule has 0 bridgehead atoms. The third kappa shape index (κ3) is 6.92. The van der Waals surface area contributed by atoms with Crippen LogP contribution in [0.2, 0.25) is 0 Å². The summed E-state index contributed by atoms with van der Waals surface area (Å²) in [5, 5.41) is 6.62. The van der Waals surface area contributed by atoms with Gasteiger partial charge in [0.1, 0.15) is 17.1 Å². The summed E-state index contributed by atoms with van der Waals surface area (Å²) in [7, 11) is -0.946. The molecule has 0 radical (unpaired) electrons. The highest BCUT2D eigenvalue weighted by atomic mass is 79.9. The van der Waals surface area contributed by atoms with Gasteiger partial charge < -0.3 is 25.0 Å². The van der Waals surface area contributed by atoms with Gasteiger partial charge in [0.2, 0.25) is 5.95 Å². The Bertz CT molecular complexity index is 1610. The van der Waals surface area contributed by atoms with Crippen LogP contribution in [0.5, 0.6) is 5.75 Å². The van der Waals surface area contributed by atoms with Gasteiger partial charge in [-0.2, -0.15) is 4.98 Å². The van der Waals surface area contributed by atoms with Crippen molar-refractivity contribution in [2.75, 3.05) is 46.7 Å². The van der Waals surface area contributed by atoms with Crippen LogP contribution in [0.15, 0.2) is 47.3 Å². The Kier molecular flexibility index (Phi) is 9.31. The van der Waals surface area contributed by atoms with E-state index >= 15 is 0 Å². The third-order valence-electron chi connectivity index (χ3n) is 6.05. The quantitative estimate of drug-likeness (QED) is 0.156. The van der Waals surface area contributed by atoms with E-state index in [1.165, 1.54) is 6.26 Å². The number of nitrogens with one attached hydrogen (secondary N) is 3. The summed E-state index contributed by atoms with van der Waals surface area (Å²) < 4.78 is 22.0. The second-order valence-corrected chi connectivity index (χ2v) is 12.6. The highest BCUT2D eigenvalue weighted by molar-refractivity contribution is 9.10. The topological polar surface area (TPSA) is 117 Å². The van der Waals surface area contributed by atoms with Crippen LogP contribution in [0.3, 0.4) is 0 Å². The number of nitrogens with zero attached hydrogens (tertiary/aromatic N) is 5. The molecule has 0 saturated heterocycles. The summed E-state index contributed by atoms with van der Waals surface area (Å²) in [4.78, 5) is 20.4. The summed E-state index contributed by atoms with van der Waals surface area (Å²) in [6.07, 6.45) is 8.52. The number of ether oxygens (including phenoxy) is 1. The Labute approximate surface area is 244 Å². The molecular formula is C28H35BrN8O2S. The predicted molar refractivity (Wildman–Crippen MR) is 171 cm³/mol. The van der Waals surface area contributed by atoms with E-state index < -0.39 is 9.71 Å². The van der Waals surface area contributed by atoms with Crippen LogP contribution in [0.4, 0.5) is 34.5 Å². The van der Waals surface area contributed by atoms with Crippen LogP contribution in [0.25, 0.3) is 11.0 Å². The molecule has 0 aliphatic rings. The zero-order valence-electron chi connectivity index (χ0n) is 23.4. The molecule has 0 fully saturated rings. The van der Waals surface area contributed by atoms with E-state index in [9.17, 15) is 4.21 Å². The van der Waals surface area contributed by atoms with Gasteiger partial charge in [0, 0.05) is 59.4 Å². The maximum absolute atomic E-state index is 12.6. The summed E-state index contributed by atoms with van der Waals surface area (Å²) in [5.41, 5.74) is 5.40. The fourth-order valence-corrected chi connectivity index (χ4v) is 5.33. The lowest BCUT2D eigenvalue weighted by Crippen LogP contribution is -2.25. The number of halogens is 1. The summed E-state index contributed by atoms with van der Waals surface area (Å²) in [5.74, 6) is 5.32. The van der Waals surface area contributed by atoms with Crippen molar-refractivity contribution in [3.8, 4) is 5.75 Å². The van der Waals surface area contributed by atoms with Crippen molar-refractivity contribution >= 4 is 77.1 Å². The Balaban J connectivity index is 1.68. The fraction of sp³-hybridized carbons (Fsp3) is 0.321. The van der Waals surface area contributed by atoms with Crippen molar-refractivity contribution in [1.29, 1.82) is 0 Å². The smallest absolute Gasteiger partial charge is 0.229 e. The van der Waals surface area contributed by atoms with Crippen molar-refractivity contribution in [2.24, 2.45) is 0 Å². The number of aromatic nitrogens is 4. The molecule has 0 aliphatic heterocycles. The number of hydrogen-bond acceptors (Lipinski definition) is 9. The molecule has 40 heavy (non-hydrogen) atoms. The SMILES string of the molecule is C=S(C)(=O)Nc1c(Nc2nc(Nc3cc(C)c(N(CCC)CCC)cc3OC)ncc2Br)ccc2nccnc12. The van der Waals surface area contributed by atoms with E-state index in [1.54, 1.807) is 25.7 Å². The molecule has 1 atom stereocenters. The Morgan fingerprint density at radius 2 is 1.77 bits per heavy atom. The van der Waals surface area contributed by atoms with Crippen LogP contribution >= 0.6 is 15.9 Å². The molecule has 0 spiro atoms. The number of fused-ring (bicyclic) bond motifs is 1. The van der Waals surface area contributed by atoms with Gasteiger partial charge in [0.05, 0.1) is 34.2 Å². The van der Waals surface area contributed by atoms with E-state index in [0.717, 1.165) is 42.9 Å². The number of anilines is 6. The van der Waals surface area contributed by atoms with Gasteiger partial charge in [-0.25, -0.2) is 9.19 Å². The zero-order chi connectivity index (χ0) is 28.9. The van der Waals surface area contributed by atoms with Crippen LogP contribution in [-0.2, 0) is 9.71 Å². The van der Waals surface area contributed by atoms with Gasteiger partial charge in [-0.05, 0) is 65.3 Å². The van der Waals surface area contributed by atoms with Gasteiger partial charge in [-0.15, -0.1) is 0 Å². The molecule has 212 valence electrons. The van der Waals surface area contributed by atoms with E-state index in [4.69, 9.17) is 9.72 Å². The maximum Gasteiger partial charge on any atom is 0.229 e. The summed E-state index contributed by atoms with van der Waals surface area (Å²) in [6, 6.07) is 7.78. The van der Waals surface area contributed by atoms with Crippen LogP contribution in [-0.4, -0.2) is 56.5 Å². The number of methoxy groups -OCH3 is 1. The van der Waals surface area contributed by atoms with Crippen molar-refractivity contribution in [1.82, 2.24) is 19.9 Å². The zero-order valence-corrected chi connectivity index (χ0v) is 25.8. The first-order valence-electron chi connectivity index (χ1n) is 13.0. The first-order chi connectivity index (χ1) is 19.1. The molecule has 2 aromatic carbocycles. The molecule has 0 amide bonds. The van der Waals surface area contributed by atoms with E-state index in [-0.39, 0.29) is 0 Å². The van der Waals surface area contributed by atoms with Crippen LogP contribution in [0.1, 0.15) is 32.3 Å². The largest absolute Gasteiger partial charge is 0.494 e. The predicted octanol–water partition coefficient (Wildman–Crippen LogP) is 6.29. The highest BCUT2D eigenvalue weighted by Crippen LogP contribution is 2.37. The van der Waals surface area contributed by atoms with Crippen LogP contribution < -0.4 is 25.0 Å². The first-order valence-corrected chi connectivity index (χ1v) is 15.9. The lowest BCUT2D eigenvalue weighted by molar-refractivity contribution is 0.416. The molecule has 12 heteroatoms. The lowest BCUT2D eigenvalue weighted by atomic mass is 10.1. The van der Waals surface area contributed by atoms with Crippen LogP contribution in [0, 0.1) is 6.92 Å². The van der Waals surface area contributed by atoms with E-state index in [0.29, 0.717) is 44.4 Å². The minimum atomic E-state index is -2.60. The molecule has 2 aromatic heterocycles. The molecule has 2 heterocycles. The maximum atomic E-state index is 12.6. The van der Waals surface area contributed by atoms with E-state index in [1.807, 2.05) is 12.1 Å². The standard InChI is InChI=1S/C28H35BrN8O2S/c1-7-13-37(14-8-2)23-16-24(39-4)22(15-18(23)3)34-28-32-17-19(29)27(35-28)33-21-10-9-20-25(31-12-11-30-20)26(21)36-40(5,6)38/h9-12,15-17H,5,7-8,13-14H2,1-4,6H3,(H,36,38)(H2,32,33,34,35). The van der Waals surface area contributed by atoms with Gasteiger partial charge in [0.15, 0.2) is 0 Å². The molecule has 0 aliphatic carbocycles. The normalized spacial score (nSPS) is 12.6. The Hall–Kier alpha value is -3.64. The van der Waals surface area contributed by atoms with Gasteiger partial charge in [-0.3, -0.25) is 9.97 Å². The van der Waals surface area contributed by atoms with Gasteiger partial charge in [0.25, 0.3) is 0 Å². The Morgan fingerprint density at radius 1 is 1.05 bits per heavy atom. The highest BCUT2D eigenvalue weighted by Gasteiger charge is 2.17. The molecule has 10 nitrogen and oxygen atoms in total. The number of hydrogen-bond donors (Lipinski definition) is 3. The van der Waals surface area contributed by atoms with E-state index in [2.05, 4.69) is 89.9 Å². The number of rotatable bonds is 12. The number of aryl methyl sites for hydroxylation is 1. The molecule has 3 N–H and O–H groups in total. The minimum Gasteiger partial charge on any atom is -0.494 e. The molecular weight excluding hydrogens is 592 g/mol. The minimum absolute atomic E-state index is 0.377. The van der Waals surface area contributed by atoms with Crippen molar-refractivity contribution in [2.45, 2.75) is 33.6 Å². The van der Waals surface area contributed by atoms with Crippen molar-refractivity contribution in [3.63, 3.8) is 0 Å². The summed E-state index contributed by atoms with van der Waals surface area (Å²) >= 11 is 3.54. The summed E-state index contributed by atoms with van der Waals surface area (Å²) in [6.45, 7) is 8.43. The molecule has 1 unspecified atom stereocenters. The molecule has 0 saturated carbocycles. The van der Waals surface area contributed by atoms with Crippen molar-refractivity contribution < 1.29 is 8.95 Å². The lowest BCUT2D eigenvalue weighted by Gasteiger charge is -2.27. The third-order valence-corrected chi connectivity index (χ3v) is 7.26. The first kappa shape index (κ1) is 29.3. The fourth-order valence-electron chi connectivity index (χ4n) is 4.40. The average molecular weight is 628 g/mol. The Morgan fingerprint density at radius 3 is 2.45 bits per heavy atom. The molecule has 4 rings (SSSR count). The van der Waals surface area contributed by atoms with Gasteiger partial charge >= 0.3 is 0 Å². The second kappa shape index (κ2) is 12.7. The monoisotopic (exact) mass is 626 g/mol. The second-order valence-electron chi connectivity index (χ2n) is 9.49. The van der Waals surface area contributed by atoms with Gasteiger partial charge in [-0.1, -0.05) is 13.8 Å². The average Bonchev–Trinajstić information content (AvgIpc) is 2.91. The van der Waals surface area contributed by atoms with Crippen molar-refractivity contribution in [3.05, 3.63) is 52.9 Å². The number of benzene rings is 2.